The molecule has 0 aliphatic heterocycles. The lowest BCUT2D eigenvalue weighted by Gasteiger charge is -1.87. The lowest BCUT2D eigenvalue weighted by Crippen LogP contribution is -1.79. The summed E-state index contributed by atoms with van der Waals surface area (Å²) < 4.78 is 5.56. The molecule has 1 heterocycles. The summed E-state index contributed by atoms with van der Waals surface area (Å²) in [6, 6.07) is 10.1. The minimum absolute atomic E-state index is 0.833. The SMILES string of the molecule is SCCc1cc2ccccc2o1. The Morgan fingerprint density at radius 3 is 2.83 bits per heavy atom. The average Bonchev–Trinajstić information content (AvgIpc) is 2.47. The summed E-state index contributed by atoms with van der Waals surface area (Å²) in [5.41, 5.74) is 0.967. The molecular formula is C10H10OS. The highest BCUT2D eigenvalue weighted by Gasteiger charge is 2.00. The molecule has 1 nitrogen and oxygen atoms in total. The maximum absolute atomic E-state index is 5.56. The Morgan fingerprint density at radius 2 is 2.08 bits per heavy atom. The number of thiol groups is 1. The third-order valence-corrected chi connectivity index (χ3v) is 2.06. The van der Waals surface area contributed by atoms with E-state index in [1.807, 2.05) is 18.2 Å². The molecule has 0 saturated carbocycles. The predicted molar refractivity (Wildman–Crippen MR) is 53.8 cm³/mol. The Labute approximate surface area is 76.8 Å². The molecule has 0 atom stereocenters. The van der Waals surface area contributed by atoms with E-state index < -0.39 is 0 Å². The Hall–Kier alpha value is -0.890. The van der Waals surface area contributed by atoms with Gasteiger partial charge in [-0.3, -0.25) is 0 Å². The Morgan fingerprint density at radius 1 is 1.25 bits per heavy atom. The quantitative estimate of drug-likeness (QED) is 0.698. The van der Waals surface area contributed by atoms with E-state index in [0.29, 0.717) is 0 Å². The summed E-state index contributed by atoms with van der Waals surface area (Å²) in [4.78, 5) is 0. The van der Waals surface area contributed by atoms with E-state index in [1.165, 1.54) is 5.39 Å². The van der Waals surface area contributed by atoms with Gasteiger partial charge in [0.15, 0.2) is 0 Å². The highest BCUT2D eigenvalue weighted by molar-refractivity contribution is 7.80. The second-order valence-electron chi connectivity index (χ2n) is 2.72. The fourth-order valence-corrected chi connectivity index (χ4v) is 1.49. The van der Waals surface area contributed by atoms with Gasteiger partial charge in [0.2, 0.25) is 0 Å². The molecule has 0 aliphatic rings. The second kappa shape index (κ2) is 3.23. The minimum atomic E-state index is 0.833. The summed E-state index contributed by atoms with van der Waals surface area (Å²) in [5.74, 6) is 1.85. The zero-order valence-corrected chi connectivity index (χ0v) is 7.55. The molecule has 0 saturated heterocycles. The molecule has 1 aromatic heterocycles. The smallest absolute Gasteiger partial charge is 0.134 e. The second-order valence-corrected chi connectivity index (χ2v) is 3.17. The van der Waals surface area contributed by atoms with Crippen molar-refractivity contribution in [3.63, 3.8) is 0 Å². The summed E-state index contributed by atoms with van der Waals surface area (Å²) in [6.45, 7) is 0. The van der Waals surface area contributed by atoms with Crippen molar-refractivity contribution in [2.45, 2.75) is 6.42 Å². The molecule has 0 amide bonds. The topological polar surface area (TPSA) is 13.1 Å². The van der Waals surface area contributed by atoms with E-state index in [0.717, 1.165) is 23.5 Å². The number of hydrogen-bond donors (Lipinski definition) is 1. The third-order valence-electron chi connectivity index (χ3n) is 1.83. The Kier molecular flexibility index (Phi) is 2.09. The molecule has 0 aliphatic carbocycles. The summed E-state index contributed by atoms with van der Waals surface area (Å²) in [5, 5.41) is 1.18. The first-order valence-electron chi connectivity index (χ1n) is 3.98. The lowest BCUT2D eigenvalue weighted by atomic mass is 10.2. The van der Waals surface area contributed by atoms with Gasteiger partial charge in [-0.2, -0.15) is 12.6 Å². The van der Waals surface area contributed by atoms with Gasteiger partial charge in [-0.15, -0.1) is 0 Å². The normalized spacial score (nSPS) is 10.8. The molecule has 0 bridgehead atoms. The van der Waals surface area contributed by atoms with Gasteiger partial charge in [0, 0.05) is 11.8 Å². The van der Waals surface area contributed by atoms with Gasteiger partial charge in [0.1, 0.15) is 11.3 Å². The van der Waals surface area contributed by atoms with Crippen molar-refractivity contribution >= 4 is 23.6 Å². The number of furan rings is 1. The van der Waals surface area contributed by atoms with E-state index in [1.54, 1.807) is 0 Å². The Bertz CT molecular complexity index is 345. The predicted octanol–water partition coefficient (Wildman–Crippen LogP) is 2.91. The van der Waals surface area contributed by atoms with Crippen molar-refractivity contribution in [1.82, 2.24) is 0 Å². The van der Waals surface area contributed by atoms with E-state index in [-0.39, 0.29) is 0 Å². The van der Waals surface area contributed by atoms with Crippen molar-refractivity contribution in [2.24, 2.45) is 0 Å². The monoisotopic (exact) mass is 178 g/mol. The van der Waals surface area contributed by atoms with Crippen LogP contribution in [0.2, 0.25) is 0 Å². The van der Waals surface area contributed by atoms with Gasteiger partial charge in [-0.1, -0.05) is 18.2 Å². The van der Waals surface area contributed by atoms with Crippen LogP contribution < -0.4 is 0 Å². The number of para-hydroxylation sites is 1. The molecule has 2 aromatic rings. The van der Waals surface area contributed by atoms with E-state index in [9.17, 15) is 0 Å². The molecule has 0 radical (unpaired) electrons. The highest BCUT2D eigenvalue weighted by Crippen LogP contribution is 2.18. The van der Waals surface area contributed by atoms with Crippen LogP contribution in [-0.4, -0.2) is 5.75 Å². The van der Waals surface area contributed by atoms with E-state index in [4.69, 9.17) is 4.42 Å². The molecule has 0 N–H and O–H groups in total. The van der Waals surface area contributed by atoms with Crippen molar-refractivity contribution in [1.29, 1.82) is 0 Å². The minimum Gasteiger partial charge on any atom is -0.461 e. The molecule has 2 rings (SSSR count). The van der Waals surface area contributed by atoms with Crippen LogP contribution in [0.1, 0.15) is 5.76 Å². The standard InChI is InChI=1S/C10H10OS/c12-6-5-9-7-8-3-1-2-4-10(8)11-9/h1-4,7,12H,5-6H2. The fraction of sp³-hybridized carbons (Fsp3) is 0.200. The number of benzene rings is 1. The van der Waals surface area contributed by atoms with Crippen molar-refractivity contribution in [3.8, 4) is 0 Å². The summed E-state index contributed by atoms with van der Waals surface area (Å²) in [7, 11) is 0. The first kappa shape index (κ1) is 7.74. The van der Waals surface area contributed by atoms with E-state index in [2.05, 4.69) is 24.8 Å². The molecule has 1 aromatic carbocycles. The fourth-order valence-electron chi connectivity index (χ4n) is 1.27. The highest BCUT2D eigenvalue weighted by atomic mass is 32.1. The van der Waals surface area contributed by atoms with Crippen LogP contribution in [0, 0.1) is 0 Å². The average molecular weight is 178 g/mol. The van der Waals surface area contributed by atoms with Crippen LogP contribution >= 0.6 is 12.6 Å². The number of aryl methyl sites for hydroxylation is 1. The van der Waals surface area contributed by atoms with Gasteiger partial charge in [-0.25, -0.2) is 0 Å². The maximum atomic E-state index is 5.56. The Balaban J connectivity index is 2.47. The van der Waals surface area contributed by atoms with Crippen LogP contribution in [-0.2, 0) is 6.42 Å². The zero-order valence-electron chi connectivity index (χ0n) is 6.66. The maximum Gasteiger partial charge on any atom is 0.134 e. The summed E-state index contributed by atoms with van der Waals surface area (Å²) in [6.07, 6.45) is 0.901. The molecule has 0 unspecified atom stereocenters. The molecule has 12 heavy (non-hydrogen) atoms. The van der Waals surface area contributed by atoms with Crippen LogP contribution in [0.25, 0.3) is 11.0 Å². The largest absolute Gasteiger partial charge is 0.461 e. The molecular weight excluding hydrogens is 168 g/mol. The zero-order chi connectivity index (χ0) is 8.39. The van der Waals surface area contributed by atoms with Crippen molar-refractivity contribution in [2.75, 3.05) is 5.75 Å². The van der Waals surface area contributed by atoms with Gasteiger partial charge in [0.05, 0.1) is 0 Å². The van der Waals surface area contributed by atoms with Gasteiger partial charge in [-0.05, 0) is 17.9 Å². The van der Waals surface area contributed by atoms with Crippen LogP contribution in [0.3, 0.4) is 0 Å². The van der Waals surface area contributed by atoms with Crippen LogP contribution in [0.4, 0.5) is 0 Å². The third kappa shape index (κ3) is 1.34. The first-order valence-corrected chi connectivity index (χ1v) is 4.62. The molecule has 62 valence electrons. The van der Waals surface area contributed by atoms with Crippen LogP contribution in [0.15, 0.2) is 34.7 Å². The van der Waals surface area contributed by atoms with Crippen molar-refractivity contribution in [3.05, 3.63) is 36.1 Å². The van der Waals surface area contributed by atoms with Gasteiger partial charge in [0.25, 0.3) is 0 Å². The van der Waals surface area contributed by atoms with Crippen LogP contribution in [0.5, 0.6) is 0 Å². The summed E-state index contributed by atoms with van der Waals surface area (Å²) >= 11 is 4.15. The van der Waals surface area contributed by atoms with Gasteiger partial charge < -0.3 is 4.42 Å². The molecule has 0 fully saturated rings. The number of hydrogen-bond acceptors (Lipinski definition) is 2. The first-order chi connectivity index (χ1) is 5.90. The lowest BCUT2D eigenvalue weighted by molar-refractivity contribution is 0.558. The number of rotatable bonds is 2. The molecule has 2 heteroatoms. The number of fused-ring (bicyclic) bond motifs is 1. The molecule has 0 spiro atoms. The van der Waals surface area contributed by atoms with E-state index >= 15 is 0 Å². The van der Waals surface area contributed by atoms with Gasteiger partial charge >= 0.3 is 0 Å². The van der Waals surface area contributed by atoms with Crippen molar-refractivity contribution < 1.29 is 4.42 Å².